The maximum Gasteiger partial charge on any atom is 0.230 e. The summed E-state index contributed by atoms with van der Waals surface area (Å²) in [5.41, 5.74) is 2.19. The smallest absolute Gasteiger partial charge is 0.230 e. The van der Waals surface area contributed by atoms with Gasteiger partial charge in [0.25, 0.3) is 0 Å². The van der Waals surface area contributed by atoms with Gasteiger partial charge in [0.15, 0.2) is 11.0 Å². The fourth-order valence-corrected chi connectivity index (χ4v) is 8.28. The van der Waals surface area contributed by atoms with E-state index in [9.17, 15) is 4.79 Å². The second-order valence-electron chi connectivity index (χ2n) is 10.8. The fraction of sp³-hybridized carbons (Fsp3) is 0.500. The molecule has 4 aliphatic carbocycles. The molecule has 7 heteroatoms. The highest BCUT2D eigenvalue weighted by Gasteiger charge is 2.54. The Morgan fingerprint density at radius 1 is 1.06 bits per heavy atom. The van der Waals surface area contributed by atoms with Crippen LogP contribution in [0.1, 0.15) is 51.9 Å². The van der Waals surface area contributed by atoms with E-state index in [-0.39, 0.29) is 11.9 Å². The monoisotopic (exact) mass is 487 g/mol. The maximum atomic E-state index is 13.2. The van der Waals surface area contributed by atoms with Gasteiger partial charge >= 0.3 is 0 Å². The molecule has 2 aromatic heterocycles. The van der Waals surface area contributed by atoms with E-state index >= 15 is 0 Å². The molecule has 0 radical (unpaired) electrons. The van der Waals surface area contributed by atoms with Crippen LogP contribution in [0.25, 0.3) is 17.1 Å². The molecule has 3 aromatic rings. The molecule has 6 nitrogen and oxygen atoms in total. The van der Waals surface area contributed by atoms with Crippen molar-refractivity contribution in [1.82, 2.24) is 25.1 Å². The van der Waals surface area contributed by atoms with Crippen molar-refractivity contribution in [3.8, 4) is 17.1 Å². The normalized spacial score (nSPS) is 27.6. The number of carbonyl (C=O) groups is 1. The van der Waals surface area contributed by atoms with Crippen LogP contribution in [0.3, 0.4) is 0 Å². The minimum Gasteiger partial charge on any atom is -0.352 e. The first-order valence-corrected chi connectivity index (χ1v) is 14.0. The summed E-state index contributed by atoms with van der Waals surface area (Å²) in [5.74, 6) is 3.82. The van der Waals surface area contributed by atoms with Crippen molar-refractivity contribution in [2.24, 2.45) is 23.2 Å². The molecule has 4 aliphatic rings. The quantitative estimate of drug-likeness (QED) is 0.423. The Balaban J connectivity index is 1.19. The van der Waals surface area contributed by atoms with Gasteiger partial charge in [-0.25, -0.2) is 0 Å². The summed E-state index contributed by atoms with van der Waals surface area (Å²) in [6.07, 6.45) is 12.7. The van der Waals surface area contributed by atoms with Gasteiger partial charge < -0.3 is 5.32 Å². The number of hydrogen-bond acceptors (Lipinski definition) is 5. The zero-order valence-electron chi connectivity index (χ0n) is 20.3. The number of benzene rings is 1. The number of rotatable bonds is 8. The Bertz CT molecular complexity index is 1140. The zero-order valence-corrected chi connectivity index (χ0v) is 21.1. The topological polar surface area (TPSA) is 72.7 Å². The van der Waals surface area contributed by atoms with E-state index < -0.39 is 0 Å². The largest absolute Gasteiger partial charge is 0.352 e. The van der Waals surface area contributed by atoms with Crippen LogP contribution in [0.2, 0.25) is 0 Å². The van der Waals surface area contributed by atoms with Crippen LogP contribution in [0.4, 0.5) is 0 Å². The van der Waals surface area contributed by atoms with E-state index in [1.165, 1.54) is 50.3 Å². The number of nitrogens with zero attached hydrogens (tertiary/aromatic N) is 4. The van der Waals surface area contributed by atoms with Gasteiger partial charge in [-0.1, -0.05) is 36.9 Å². The van der Waals surface area contributed by atoms with Crippen molar-refractivity contribution in [2.75, 3.05) is 5.75 Å². The summed E-state index contributed by atoms with van der Waals surface area (Å²) < 4.78 is 2.02. The van der Waals surface area contributed by atoms with Crippen LogP contribution >= 0.6 is 11.8 Å². The number of hydrogen-bond donors (Lipinski definition) is 1. The molecular weight excluding hydrogens is 454 g/mol. The lowest BCUT2D eigenvalue weighted by Crippen LogP contribution is -2.57. The van der Waals surface area contributed by atoms with Gasteiger partial charge in [-0.2, -0.15) is 0 Å². The van der Waals surface area contributed by atoms with Crippen LogP contribution in [0.15, 0.2) is 60.0 Å². The third-order valence-electron chi connectivity index (χ3n) is 8.47. The van der Waals surface area contributed by atoms with Gasteiger partial charge in [0.1, 0.15) is 0 Å². The van der Waals surface area contributed by atoms with Gasteiger partial charge in [-0.05, 0) is 92.4 Å². The van der Waals surface area contributed by atoms with Crippen molar-refractivity contribution in [2.45, 2.75) is 63.1 Å². The molecule has 4 bridgehead atoms. The molecule has 1 unspecified atom stereocenters. The molecule has 7 rings (SSSR count). The Morgan fingerprint density at radius 2 is 1.77 bits per heavy atom. The summed E-state index contributed by atoms with van der Waals surface area (Å²) in [6, 6.07) is 14.2. The van der Waals surface area contributed by atoms with Crippen LogP contribution in [-0.2, 0) is 4.79 Å². The predicted molar refractivity (Wildman–Crippen MR) is 138 cm³/mol. The number of aromatic nitrogens is 4. The first-order valence-electron chi connectivity index (χ1n) is 13.0. The summed E-state index contributed by atoms with van der Waals surface area (Å²) in [7, 11) is 0. The first-order chi connectivity index (χ1) is 17.1. The molecule has 0 saturated heterocycles. The lowest BCUT2D eigenvalue weighted by molar-refractivity contribution is -0.124. The summed E-state index contributed by atoms with van der Waals surface area (Å²) in [4.78, 5) is 17.5. The Morgan fingerprint density at radius 3 is 2.40 bits per heavy atom. The third-order valence-corrected chi connectivity index (χ3v) is 9.40. The second-order valence-corrected chi connectivity index (χ2v) is 11.8. The fourth-order valence-electron chi connectivity index (χ4n) is 7.51. The lowest BCUT2D eigenvalue weighted by atomic mass is 9.47. The van der Waals surface area contributed by atoms with Gasteiger partial charge in [0, 0.05) is 29.7 Å². The van der Waals surface area contributed by atoms with Gasteiger partial charge in [-0.15, -0.1) is 10.2 Å². The van der Waals surface area contributed by atoms with Crippen molar-refractivity contribution in [1.29, 1.82) is 0 Å². The number of nitrogens with one attached hydrogen (secondary N) is 1. The van der Waals surface area contributed by atoms with Crippen LogP contribution in [-0.4, -0.2) is 37.5 Å². The van der Waals surface area contributed by atoms with E-state index in [1.807, 2.05) is 47.0 Å². The molecule has 1 atom stereocenters. The number of amides is 1. The molecule has 4 fully saturated rings. The maximum absolute atomic E-state index is 13.2. The van der Waals surface area contributed by atoms with Crippen LogP contribution in [0, 0.1) is 23.2 Å². The van der Waals surface area contributed by atoms with Crippen LogP contribution in [0.5, 0.6) is 0 Å². The highest BCUT2D eigenvalue weighted by Crippen LogP contribution is 2.61. The SMILES string of the molecule is CCC(NC(=O)CSc1nnc(-c2cccnc2)n1-c1ccccc1)C12CC3CC(CC(C3)C1)C2. The molecule has 1 N–H and O–H groups in total. The molecule has 0 spiro atoms. The van der Waals surface area contributed by atoms with E-state index in [4.69, 9.17) is 0 Å². The molecule has 35 heavy (non-hydrogen) atoms. The average molecular weight is 488 g/mol. The third kappa shape index (κ3) is 4.39. The summed E-state index contributed by atoms with van der Waals surface area (Å²) in [5, 5.41) is 13.1. The predicted octanol–water partition coefficient (Wildman–Crippen LogP) is 5.53. The molecule has 182 valence electrons. The number of pyridine rings is 1. The highest BCUT2D eigenvalue weighted by molar-refractivity contribution is 7.99. The summed E-state index contributed by atoms with van der Waals surface area (Å²) >= 11 is 1.45. The number of thioether (sulfide) groups is 1. The Hall–Kier alpha value is -2.67. The lowest BCUT2D eigenvalue weighted by Gasteiger charge is -2.59. The molecule has 2 heterocycles. The molecular formula is C28H33N5OS. The number of para-hydroxylation sites is 1. The Kier molecular flexibility index (Phi) is 6.13. The highest BCUT2D eigenvalue weighted by atomic mass is 32.2. The zero-order chi connectivity index (χ0) is 23.8. The van der Waals surface area contributed by atoms with Crippen molar-refractivity contribution >= 4 is 17.7 Å². The van der Waals surface area contributed by atoms with E-state index in [1.54, 1.807) is 12.4 Å². The molecule has 4 saturated carbocycles. The van der Waals surface area contributed by atoms with Crippen molar-refractivity contribution in [3.05, 3.63) is 54.9 Å². The van der Waals surface area contributed by atoms with Gasteiger partial charge in [0.05, 0.1) is 5.75 Å². The number of carbonyl (C=O) groups excluding carboxylic acids is 1. The van der Waals surface area contributed by atoms with Crippen molar-refractivity contribution < 1.29 is 4.79 Å². The minimum absolute atomic E-state index is 0.100. The second kappa shape index (κ2) is 9.41. The minimum atomic E-state index is 0.100. The average Bonchev–Trinajstić information content (AvgIpc) is 3.30. The molecule has 0 aliphatic heterocycles. The van der Waals surface area contributed by atoms with Gasteiger partial charge in [0.2, 0.25) is 5.91 Å². The summed E-state index contributed by atoms with van der Waals surface area (Å²) in [6.45, 7) is 2.24. The van der Waals surface area contributed by atoms with Crippen LogP contribution < -0.4 is 5.32 Å². The van der Waals surface area contributed by atoms with Crippen molar-refractivity contribution in [3.63, 3.8) is 0 Å². The van der Waals surface area contributed by atoms with E-state index in [0.717, 1.165) is 41.2 Å². The van der Waals surface area contributed by atoms with E-state index in [2.05, 4.69) is 27.4 Å². The Labute approximate surface area is 211 Å². The first kappa shape index (κ1) is 22.8. The molecule has 1 amide bonds. The standard InChI is InChI=1S/C28H33N5OS/c1-2-24(28-14-19-11-20(15-28)13-21(12-19)16-28)30-25(34)18-35-27-32-31-26(22-7-6-10-29-17-22)33(27)23-8-4-3-5-9-23/h3-10,17,19-21,24H,2,11-16,18H2,1H3,(H,30,34). The van der Waals surface area contributed by atoms with Gasteiger partial charge in [-0.3, -0.25) is 14.3 Å². The molecule has 1 aromatic carbocycles. The van der Waals surface area contributed by atoms with E-state index in [0.29, 0.717) is 16.3 Å².